The van der Waals surface area contributed by atoms with Gasteiger partial charge >= 0.3 is 0 Å². The molecule has 0 spiro atoms. The zero-order valence-corrected chi connectivity index (χ0v) is 13.0. The number of likely N-dealkylation sites (tertiary alicyclic amines) is 1. The Morgan fingerprint density at radius 1 is 1.38 bits per heavy atom. The van der Waals surface area contributed by atoms with Gasteiger partial charge in [0.25, 0.3) is 0 Å². The average Bonchev–Trinajstić information content (AvgIpc) is 2.53. The number of nitriles is 1. The van der Waals surface area contributed by atoms with Crippen LogP contribution in [0.25, 0.3) is 0 Å². The van der Waals surface area contributed by atoms with Crippen molar-refractivity contribution >= 4 is 9.84 Å². The molecule has 1 saturated heterocycles. The molecule has 0 aliphatic carbocycles. The van der Waals surface area contributed by atoms with Crippen LogP contribution in [-0.4, -0.2) is 51.9 Å². The minimum atomic E-state index is -3.30. The number of rotatable bonds is 5. The molecule has 1 aliphatic heterocycles. The maximum Gasteiger partial charge on any atom is 0.179 e. The molecule has 1 aliphatic rings. The number of ether oxygens (including phenoxy) is 1. The first kappa shape index (κ1) is 16.0. The summed E-state index contributed by atoms with van der Waals surface area (Å²) in [7, 11) is -1.60. The molecule has 1 heterocycles. The predicted molar refractivity (Wildman–Crippen MR) is 79.7 cm³/mol. The van der Waals surface area contributed by atoms with Gasteiger partial charge < -0.3 is 4.74 Å². The first-order valence-electron chi connectivity index (χ1n) is 7.03. The van der Waals surface area contributed by atoms with E-state index in [2.05, 4.69) is 4.90 Å². The summed E-state index contributed by atoms with van der Waals surface area (Å²) < 4.78 is 29.9. The summed E-state index contributed by atoms with van der Waals surface area (Å²) in [5.74, 6) is 0.0926. The van der Waals surface area contributed by atoms with Crippen molar-refractivity contribution in [3.05, 3.63) is 29.8 Å². The zero-order chi connectivity index (χ0) is 15.3. The third-order valence-electron chi connectivity index (χ3n) is 3.81. The molecule has 1 atom stereocenters. The first-order valence-corrected chi connectivity index (χ1v) is 8.68. The zero-order valence-electron chi connectivity index (χ0n) is 12.2. The molecule has 1 aromatic rings. The molecule has 0 radical (unpaired) electrons. The van der Waals surface area contributed by atoms with E-state index < -0.39 is 9.84 Å². The van der Waals surface area contributed by atoms with E-state index in [-0.39, 0.29) is 16.8 Å². The van der Waals surface area contributed by atoms with E-state index in [1.54, 1.807) is 7.11 Å². The fourth-order valence-corrected chi connectivity index (χ4v) is 3.80. The molecule has 2 rings (SSSR count). The smallest absolute Gasteiger partial charge is 0.179 e. The fraction of sp³-hybridized carbons (Fsp3) is 0.533. The highest BCUT2D eigenvalue weighted by atomic mass is 32.2. The SMILES string of the molecule is COC1CCCN(CCS(=O)(=O)c2ccc(C#N)cc2)C1. The molecule has 1 fully saturated rings. The fourth-order valence-electron chi connectivity index (χ4n) is 2.51. The van der Waals surface area contributed by atoms with Gasteiger partial charge in [-0.2, -0.15) is 5.26 Å². The molecule has 21 heavy (non-hydrogen) atoms. The Kier molecular flexibility index (Phi) is 5.34. The van der Waals surface area contributed by atoms with Crippen LogP contribution in [0.15, 0.2) is 29.2 Å². The Bertz CT molecular complexity index is 605. The maximum atomic E-state index is 12.3. The highest BCUT2D eigenvalue weighted by molar-refractivity contribution is 7.91. The van der Waals surface area contributed by atoms with Crippen LogP contribution < -0.4 is 0 Å². The second kappa shape index (κ2) is 7.03. The quantitative estimate of drug-likeness (QED) is 0.823. The number of sulfone groups is 1. The number of nitrogens with zero attached hydrogens (tertiary/aromatic N) is 2. The lowest BCUT2D eigenvalue weighted by atomic mass is 10.1. The highest BCUT2D eigenvalue weighted by Crippen LogP contribution is 2.15. The molecular formula is C15H20N2O3S. The number of hydrogen-bond donors (Lipinski definition) is 0. The molecule has 5 nitrogen and oxygen atoms in total. The summed E-state index contributed by atoms with van der Waals surface area (Å²) in [5.41, 5.74) is 0.466. The second-order valence-electron chi connectivity index (χ2n) is 5.26. The van der Waals surface area contributed by atoms with Gasteiger partial charge in [-0.25, -0.2) is 8.42 Å². The van der Waals surface area contributed by atoms with E-state index in [0.717, 1.165) is 25.9 Å². The highest BCUT2D eigenvalue weighted by Gasteiger charge is 2.22. The monoisotopic (exact) mass is 308 g/mol. The molecule has 0 saturated carbocycles. The largest absolute Gasteiger partial charge is 0.380 e. The topological polar surface area (TPSA) is 70.4 Å². The summed E-state index contributed by atoms with van der Waals surface area (Å²) in [6.07, 6.45) is 2.28. The van der Waals surface area contributed by atoms with Crippen molar-refractivity contribution in [3.8, 4) is 6.07 Å². The first-order chi connectivity index (χ1) is 10.0. The Morgan fingerprint density at radius 2 is 2.10 bits per heavy atom. The molecule has 114 valence electrons. The molecule has 0 aromatic heterocycles. The minimum Gasteiger partial charge on any atom is -0.380 e. The van der Waals surface area contributed by atoms with Crippen molar-refractivity contribution < 1.29 is 13.2 Å². The van der Waals surface area contributed by atoms with Crippen molar-refractivity contribution in [2.45, 2.75) is 23.8 Å². The van der Waals surface area contributed by atoms with E-state index >= 15 is 0 Å². The van der Waals surface area contributed by atoms with Gasteiger partial charge in [-0.15, -0.1) is 0 Å². The molecule has 0 bridgehead atoms. The van der Waals surface area contributed by atoms with Gasteiger partial charge in [0.15, 0.2) is 9.84 Å². The molecule has 0 amide bonds. The van der Waals surface area contributed by atoms with E-state index in [4.69, 9.17) is 10.00 Å². The standard InChI is InChI=1S/C15H20N2O3S/c1-20-14-3-2-8-17(12-14)9-10-21(18,19)15-6-4-13(11-16)5-7-15/h4-7,14H,2-3,8-10,12H2,1H3. The molecule has 1 aromatic carbocycles. The summed E-state index contributed by atoms with van der Waals surface area (Å²) in [5, 5.41) is 8.74. The van der Waals surface area contributed by atoms with Gasteiger partial charge in [0.05, 0.1) is 28.4 Å². The Hall–Kier alpha value is -1.42. The van der Waals surface area contributed by atoms with E-state index in [0.29, 0.717) is 12.1 Å². The number of piperidine rings is 1. The predicted octanol–water partition coefficient (Wildman–Crippen LogP) is 1.44. The van der Waals surface area contributed by atoms with Gasteiger partial charge in [0.1, 0.15) is 0 Å². The molecule has 6 heteroatoms. The number of hydrogen-bond acceptors (Lipinski definition) is 5. The summed E-state index contributed by atoms with van der Waals surface area (Å²) >= 11 is 0. The van der Waals surface area contributed by atoms with Crippen LogP contribution in [0, 0.1) is 11.3 Å². The summed E-state index contributed by atoms with van der Waals surface area (Å²) in [6, 6.07) is 8.06. The number of methoxy groups -OCH3 is 1. The van der Waals surface area contributed by atoms with Crippen LogP contribution in [0.3, 0.4) is 0 Å². The summed E-state index contributed by atoms with van der Waals surface area (Å²) in [6.45, 7) is 2.23. The van der Waals surface area contributed by atoms with E-state index in [1.165, 1.54) is 24.3 Å². The normalized spacial score (nSPS) is 20.1. The molecule has 0 N–H and O–H groups in total. The van der Waals surface area contributed by atoms with Gasteiger partial charge in [-0.1, -0.05) is 0 Å². The van der Waals surface area contributed by atoms with Crippen LogP contribution in [0.4, 0.5) is 0 Å². The lowest BCUT2D eigenvalue weighted by Gasteiger charge is -2.31. The van der Waals surface area contributed by atoms with Crippen molar-refractivity contribution in [3.63, 3.8) is 0 Å². The van der Waals surface area contributed by atoms with Crippen molar-refractivity contribution in [1.29, 1.82) is 5.26 Å². The molecular weight excluding hydrogens is 288 g/mol. The Balaban J connectivity index is 1.96. The van der Waals surface area contributed by atoms with Crippen molar-refractivity contribution in [1.82, 2.24) is 4.90 Å². The Morgan fingerprint density at radius 3 is 2.71 bits per heavy atom. The van der Waals surface area contributed by atoms with Crippen LogP contribution in [0.2, 0.25) is 0 Å². The third-order valence-corrected chi connectivity index (χ3v) is 5.52. The van der Waals surface area contributed by atoms with E-state index in [1.807, 2.05) is 6.07 Å². The van der Waals surface area contributed by atoms with Gasteiger partial charge in [-0.3, -0.25) is 4.90 Å². The van der Waals surface area contributed by atoms with E-state index in [9.17, 15) is 8.42 Å². The number of benzene rings is 1. The second-order valence-corrected chi connectivity index (χ2v) is 7.36. The lowest BCUT2D eigenvalue weighted by molar-refractivity contribution is 0.0337. The van der Waals surface area contributed by atoms with Crippen LogP contribution in [0.5, 0.6) is 0 Å². The minimum absolute atomic E-state index is 0.0926. The maximum absolute atomic E-state index is 12.3. The van der Waals surface area contributed by atoms with Crippen LogP contribution in [-0.2, 0) is 14.6 Å². The Labute approximate surface area is 126 Å². The van der Waals surface area contributed by atoms with Crippen molar-refractivity contribution in [2.75, 3.05) is 32.5 Å². The summed E-state index contributed by atoms with van der Waals surface area (Å²) in [4.78, 5) is 2.42. The lowest BCUT2D eigenvalue weighted by Crippen LogP contribution is -2.41. The molecule has 1 unspecified atom stereocenters. The van der Waals surface area contributed by atoms with Crippen LogP contribution in [0.1, 0.15) is 18.4 Å². The average molecular weight is 308 g/mol. The third kappa shape index (κ3) is 4.27. The van der Waals surface area contributed by atoms with Crippen LogP contribution >= 0.6 is 0 Å². The van der Waals surface area contributed by atoms with Gasteiger partial charge in [0.2, 0.25) is 0 Å². The van der Waals surface area contributed by atoms with Crippen molar-refractivity contribution in [2.24, 2.45) is 0 Å². The van der Waals surface area contributed by atoms with Gasteiger partial charge in [0, 0.05) is 20.2 Å². The van der Waals surface area contributed by atoms with Gasteiger partial charge in [-0.05, 0) is 43.7 Å².